The normalized spacial score (nSPS) is 21.7. The molecule has 1 aliphatic heterocycles. The minimum atomic E-state index is 0.304. The van der Waals surface area contributed by atoms with Gasteiger partial charge in [0.15, 0.2) is 0 Å². The average molecular weight is 254 g/mol. The van der Waals surface area contributed by atoms with Crippen molar-refractivity contribution in [3.05, 3.63) is 34.3 Å². The van der Waals surface area contributed by atoms with Gasteiger partial charge in [-0.15, -0.1) is 0 Å². The third kappa shape index (κ3) is 3.44. The van der Waals surface area contributed by atoms with Gasteiger partial charge >= 0.3 is 0 Å². The van der Waals surface area contributed by atoms with Crippen LogP contribution in [0, 0.1) is 12.8 Å². The van der Waals surface area contributed by atoms with E-state index >= 15 is 0 Å². The number of aryl methyl sites for hydroxylation is 1. The SMILES string of the molecule is Cc1ccc(CN2CCCC(CO)C2)c(Cl)c1. The number of benzene rings is 1. The van der Waals surface area contributed by atoms with Crippen molar-refractivity contribution in [2.24, 2.45) is 5.92 Å². The van der Waals surface area contributed by atoms with Crippen LogP contribution in [0.2, 0.25) is 5.02 Å². The van der Waals surface area contributed by atoms with E-state index in [4.69, 9.17) is 11.6 Å². The summed E-state index contributed by atoms with van der Waals surface area (Å²) in [5.74, 6) is 0.438. The van der Waals surface area contributed by atoms with Gasteiger partial charge < -0.3 is 5.11 Å². The van der Waals surface area contributed by atoms with E-state index in [2.05, 4.69) is 24.0 Å². The Morgan fingerprint density at radius 3 is 3.00 bits per heavy atom. The highest BCUT2D eigenvalue weighted by Gasteiger charge is 2.19. The van der Waals surface area contributed by atoms with Gasteiger partial charge in [0.05, 0.1) is 0 Å². The predicted octanol–water partition coefficient (Wildman–Crippen LogP) is 2.85. The lowest BCUT2D eigenvalue weighted by atomic mass is 9.98. The van der Waals surface area contributed by atoms with Gasteiger partial charge in [0, 0.05) is 24.7 Å². The summed E-state index contributed by atoms with van der Waals surface area (Å²) < 4.78 is 0. The van der Waals surface area contributed by atoms with E-state index in [0.29, 0.717) is 12.5 Å². The van der Waals surface area contributed by atoms with Crippen molar-refractivity contribution in [1.29, 1.82) is 0 Å². The number of halogens is 1. The molecule has 1 heterocycles. The van der Waals surface area contributed by atoms with Gasteiger partial charge in [-0.25, -0.2) is 0 Å². The molecule has 1 saturated heterocycles. The van der Waals surface area contributed by atoms with Crippen LogP contribution in [0.25, 0.3) is 0 Å². The highest BCUT2D eigenvalue weighted by atomic mass is 35.5. The second-order valence-electron chi connectivity index (χ2n) is 5.02. The Labute approximate surface area is 108 Å². The summed E-state index contributed by atoms with van der Waals surface area (Å²) in [4.78, 5) is 2.39. The van der Waals surface area contributed by atoms with Crippen molar-refractivity contribution in [1.82, 2.24) is 4.90 Å². The van der Waals surface area contributed by atoms with Crippen LogP contribution in [0.5, 0.6) is 0 Å². The van der Waals surface area contributed by atoms with Crippen molar-refractivity contribution < 1.29 is 5.11 Å². The fraction of sp³-hybridized carbons (Fsp3) is 0.571. The molecule has 1 aromatic rings. The van der Waals surface area contributed by atoms with Gasteiger partial charge in [0.25, 0.3) is 0 Å². The third-order valence-corrected chi connectivity index (χ3v) is 3.82. The fourth-order valence-electron chi connectivity index (χ4n) is 2.47. The van der Waals surface area contributed by atoms with Crippen LogP contribution in [0.1, 0.15) is 24.0 Å². The lowest BCUT2D eigenvalue weighted by Gasteiger charge is -2.32. The second-order valence-corrected chi connectivity index (χ2v) is 5.43. The zero-order valence-electron chi connectivity index (χ0n) is 10.3. The molecule has 0 saturated carbocycles. The molecule has 1 aliphatic rings. The van der Waals surface area contributed by atoms with Gasteiger partial charge in [0.1, 0.15) is 0 Å². The molecule has 94 valence electrons. The highest BCUT2D eigenvalue weighted by molar-refractivity contribution is 6.31. The van der Waals surface area contributed by atoms with E-state index in [9.17, 15) is 5.11 Å². The molecule has 0 amide bonds. The first kappa shape index (κ1) is 12.9. The van der Waals surface area contributed by atoms with Crippen LogP contribution < -0.4 is 0 Å². The van der Waals surface area contributed by atoms with Crippen molar-refractivity contribution in [2.75, 3.05) is 19.7 Å². The number of piperidine rings is 1. The van der Waals surface area contributed by atoms with Crippen molar-refractivity contribution in [3.63, 3.8) is 0 Å². The van der Waals surface area contributed by atoms with Crippen molar-refractivity contribution in [2.45, 2.75) is 26.3 Å². The molecule has 0 bridgehead atoms. The first-order valence-electron chi connectivity index (χ1n) is 6.27. The molecule has 0 spiro atoms. The fourth-order valence-corrected chi connectivity index (χ4v) is 2.76. The quantitative estimate of drug-likeness (QED) is 0.896. The summed E-state index contributed by atoms with van der Waals surface area (Å²) >= 11 is 6.24. The lowest BCUT2D eigenvalue weighted by molar-refractivity contribution is 0.116. The molecule has 17 heavy (non-hydrogen) atoms. The monoisotopic (exact) mass is 253 g/mol. The zero-order valence-corrected chi connectivity index (χ0v) is 11.1. The molecule has 0 radical (unpaired) electrons. The number of aliphatic hydroxyl groups is 1. The predicted molar refractivity (Wildman–Crippen MR) is 71.3 cm³/mol. The van der Waals surface area contributed by atoms with Gasteiger partial charge in [-0.3, -0.25) is 4.90 Å². The Balaban J connectivity index is 2.00. The van der Waals surface area contributed by atoms with Crippen LogP contribution >= 0.6 is 11.6 Å². The Bertz CT molecular complexity index is 380. The number of aliphatic hydroxyl groups excluding tert-OH is 1. The van der Waals surface area contributed by atoms with Crippen LogP contribution in [-0.2, 0) is 6.54 Å². The molecule has 0 aliphatic carbocycles. The summed E-state index contributed by atoms with van der Waals surface area (Å²) in [6.07, 6.45) is 2.32. The smallest absolute Gasteiger partial charge is 0.0471 e. The standard InChI is InChI=1S/C14H20ClNO/c1-11-4-5-13(14(15)7-11)9-16-6-2-3-12(8-16)10-17/h4-5,7,12,17H,2-3,6,8-10H2,1H3. The number of hydrogen-bond acceptors (Lipinski definition) is 2. The van der Waals surface area contributed by atoms with Crippen LogP contribution in [0.3, 0.4) is 0 Å². The molecule has 2 nitrogen and oxygen atoms in total. The number of nitrogens with zero attached hydrogens (tertiary/aromatic N) is 1. The van der Waals surface area contributed by atoms with E-state index in [1.807, 2.05) is 6.07 Å². The third-order valence-electron chi connectivity index (χ3n) is 3.46. The number of hydrogen-bond donors (Lipinski definition) is 1. The lowest BCUT2D eigenvalue weighted by Crippen LogP contribution is -2.36. The first-order chi connectivity index (χ1) is 8.19. The van der Waals surface area contributed by atoms with Crippen LogP contribution in [0.15, 0.2) is 18.2 Å². The van der Waals surface area contributed by atoms with E-state index in [0.717, 1.165) is 31.1 Å². The van der Waals surface area contributed by atoms with Crippen LogP contribution in [-0.4, -0.2) is 29.7 Å². The average Bonchev–Trinajstić information content (AvgIpc) is 2.33. The van der Waals surface area contributed by atoms with Crippen LogP contribution in [0.4, 0.5) is 0 Å². The Kier molecular flexibility index (Phi) is 4.43. The summed E-state index contributed by atoms with van der Waals surface area (Å²) in [7, 11) is 0. The number of likely N-dealkylation sites (tertiary alicyclic amines) is 1. The van der Waals surface area contributed by atoms with Gasteiger partial charge in [-0.2, -0.15) is 0 Å². The highest BCUT2D eigenvalue weighted by Crippen LogP contribution is 2.22. The zero-order chi connectivity index (χ0) is 12.3. The van der Waals surface area contributed by atoms with Crippen molar-refractivity contribution in [3.8, 4) is 0 Å². The van der Waals surface area contributed by atoms with Gasteiger partial charge in [-0.1, -0.05) is 23.7 Å². The summed E-state index contributed by atoms with van der Waals surface area (Å²) in [5.41, 5.74) is 2.39. The van der Waals surface area contributed by atoms with Crippen molar-refractivity contribution >= 4 is 11.6 Å². The van der Waals surface area contributed by atoms with Gasteiger partial charge in [-0.05, 0) is 49.4 Å². The maximum absolute atomic E-state index is 9.21. The molecule has 1 aromatic carbocycles. The summed E-state index contributed by atoms with van der Waals surface area (Å²) in [6, 6.07) is 6.24. The molecule has 1 fully saturated rings. The minimum absolute atomic E-state index is 0.304. The molecule has 2 rings (SSSR count). The summed E-state index contributed by atoms with van der Waals surface area (Å²) in [5, 5.41) is 10.1. The number of rotatable bonds is 3. The van der Waals surface area contributed by atoms with Gasteiger partial charge in [0.2, 0.25) is 0 Å². The molecule has 1 N–H and O–H groups in total. The molecule has 3 heteroatoms. The topological polar surface area (TPSA) is 23.5 Å². The largest absolute Gasteiger partial charge is 0.396 e. The Hall–Kier alpha value is -0.570. The molecular weight excluding hydrogens is 234 g/mol. The molecule has 1 unspecified atom stereocenters. The second kappa shape index (κ2) is 5.85. The maximum atomic E-state index is 9.21. The van der Waals surface area contributed by atoms with E-state index in [1.165, 1.54) is 17.5 Å². The molecule has 1 atom stereocenters. The van der Waals surface area contributed by atoms with E-state index < -0.39 is 0 Å². The van der Waals surface area contributed by atoms with E-state index in [-0.39, 0.29) is 0 Å². The molecule has 0 aromatic heterocycles. The first-order valence-corrected chi connectivity index (χ1v) is 6.65. The Morgan fingerprint density at radius 2 is 2.29 bits per heavy atom. The Morgan fingerprint density at radius 1 is 1.47 bits per heavy atom. The minimum Gasteiger partial charge on any atom is -0.396 e. The summed E-state index contributed by atoms with van der Waals surface area (Å²) in [6.45, 7) is 5.35. The van der Waals surface area contributed by atoms with E-state index in [1.54, 1.807) is 0 Å². The maximum Gasteiger partial charge on any atom is 0.0471 e. The molecular formula is C14H20ClNO.